The smallest absolute Gasteiger partial charge is 0.410 e. The van der Waals surface area contributed by atoms with E-state index in [-0.39, 0.29) is 12.0 Å². The van der Waals surface area contributed by atoms with Gasteiger partial charge in [0.15, 0.2) is 0 Å². The summed E-state index contributed by atoms with van der Waals surface area (Å²) in [5.74, 6) is -2.23. The summed E-state index contributed by atoms with van der Waals surface area (Å²) < 4.78 is 35.9. The Hall–Kier alpha value is -0.710. The van der Waals surface area contributed by atoms with Gasteiger partial charge in [0, 0.05) is 17.0 Å². The van der Waals surface area contributed by atoms with E-state index in [9.17, 15) is 18.0 Å². The molecule has 1 aliphatic carbocycles. The number of allylic oxidation sites excluding steroid dienone is 2. The average Bonchev–Trinajstić information content (AvgIpc) is 2.52. The molecule has 15 heavy (non-hydrogen) atoms. The molecule has 0 bridgehead atoms. The van der Waals surface area contributed by atoms with Crippen molar-refractivity contribution >= 4 is 17.6 Å². The standard InChI is InChI=1S/C9H10ClF3O2/c1-4-6(8(4,2)7(14)15)5(10)3-9(11,12)13/h3-4,6H,1-2H3,(H,14,15). The molecule has 1 aliphatic rings. The predicted octanol–water partition coefficient (Wildman–Crippen LogP) is 3.03. The Kier molecular flexibility index (Phi) is 2.80. The van der Waals surface area contributed by atoms with Crippen LogP contribution in [0, 0.1) is 17.3 Å². The third kappa shape index (κ3) is 2.12. The second-order valence-electron chi connectivity index (χ2n) is 3.93. The quantitative estimate of drug-likeness (QED) is 0.808. The molecule has 86 valence electrons. The number of aliphatic carboxylic acids is 1. The lowest BCUT2D eigenvalue weighted by Crippen LogP contribution is -2.15. The van der Waals surface area contributed by atoms with Crippen molar-refractivity contribution in [2.24, 2.45) is 17.3 Å². The van der Waals surface area contributed by atoms with Crippen molar-refractivity contribution in [3.05, 3.63) is 11.1 Å². The molecular weight excluding hydrogens is 233 g/mol. The lowest BCUT2D eigenvalue weighted by atomic mass is 10.1. The summed E-state index contributed by atoms with van der Waals surface area (Å²) in [5.41, 5.74) is -1.17. The normalized spacial score (nSPS) is 36.5. The zero-order valence-electron chi connectivity index (χ0n) is 8.10. The molecule has 1 rings (SSSR count). The van der Waals surface area contributed by atoms with E-state index in [1.807, 2.05) is 0 Å². The predicted molar refractivity (Wildman–Crippen MR) is 48.4 cm³/mol. The second kappa shape index (κ2) is 3.40. The number of rotatable bonds is 2. The molecule has 3 unspecified atom stereocenters. The van der Waals surface area contributed by atoms with E-state index in [1.54, 1.807) is 6.92 Å². The van der Waals surface area contributed by atoms with E-state index >= 15 is 0 Å². The van der Waals surface area contributed by atoms with Crippen LogP contribution in [0.5, 0.6) is 0 Å². The minimum atomic E-state index is -4.50. The average molecular weight is 243 g/mol. The number of halogens is 4. The number of carboxylic acids is 1. The van der Waals surface area contributed by atoms with Gasteiger partial charge >= 0.3 is 12.1 Å². The van der Waals surface area contributed by atoms with E-state index in [1.165, 1.54) is 6.92 Å². The van der Waals surface area contributed by atoms with Gasteiger partial charge in [0.25, 0.3) is 0 Å². The van der Waals surface area contributed by atoms with Gasteiger partial charge in [-0.15, -0.1) is 0 Å². The first kappa shape index (κ1) is 12.4. The Bertz CT molecular complexity index is 324. The van der Waals surface area contributed by atoms with Crippen LogP contribution in [0.2, 0.25) is 0 Å². The van der Waals surface area contributed by atoms with Gasteiger partial charge < -0.3 is 5.11 Å². The van der Waals surface area contributed by atoms with Crippen LogP contribution >= 0.6 is 11.6 Å². The van der Waals surface area contributed by atoms with Crippen molar-refractivity contribution < 1.29 is 23.1 Å². The lowest BCUT2D eigenvalue weighted by Gasteiger charge is -2.05. The molecule has 1 fully saturated rings. The fourth-order valence-electron chi connectivity index (χ4n) is 1.83. The lowest BCUT2D eigenvalue weighted by molar-refractivity contribution is -0.143. The van der Waals surface area contributed by atoms with E-state index in [0.29, 0.717) is 0 Å². The summed E-state index contributed by atoms with van der Waals surface area (Å²) in [7, 11) is 0. The molecule has 0 heterocycles. The van der Waals surface area contributed by atoms with Crippen LogP contribution in [0.15, 0.2) is 11.1 Å². The Labute approximate surface area is 89.7 Å². The van der Waals surface area contributed by atoms with Crippen molar-refractivity contribution in [3.8, 4) is 0 Å². The Morgan fingerprint density at radius 3 is 2.27 bits per heavy atom. The summed E-state index contributed by atoms with van der Waals surface area (Å²) in [6.45, 7) is 2.97. The summed E-state index contributed by atoms with van der Waals surface area (Å²) in [4.78, 5) is 10.8. The van der Waals surface area contributed by atoms with Gasteiger partial charge in [0.1, 0.15) is 0 Å². The van der Waals surface area contributed by atoms with Gasteiger partial charge in [0.05, 0.1) is 5.41 Å². The first-order chi connectivity index (χ1) is 6.60. The molecule has 2 nitrogen and oxygen atoms in total. The summed E-state index contributed by atoms with van der Waals surface area (Å²) in [5, 5.41) is 8.40. The Morgan fingerprint density at radius 2 is 2.00 bits per heavy atom. The largest absolute Gasteiger partial charge is 0.481 e. The van der Waals surface area contributed by atoms with Crippen molar-refractivity contribution in [3.63, 3.8) is 0 Å². The Balaban J connectivity index is 2.87. The van der Waals surface area contributed by atoms with E-state index < -0.39 is 28.5 Å². The van der Waals surface area contributed by atoms with E-state index in [4.69, 9.17) is 16.7 Å². The number of hydrogen-bond acceptors (Lipinski definition) is 1. The maximum atomic E-state index is 12.0. The van der Waals surface area contributed by atoms with Crippen LogP contribution in [0.4, 0.5) is 13.2 Å². The Morgan fingerprint density at radius 1 is 1.53 bits per heavy atom. The van der Waals surface area contributed by atoms with Crippen molar-refractivity contribution in [2.45, 2.75) is 20.0 Å². The van der Waals surface area contributed by atoms with Crippen LogP contribution in [0.25, 0.3) is 0 Å². The van der Waals surface area contributed by atoms with Gasteiger partial charge in [0.2, 0.25) is 0 Å². The highest BCUT2D eigenvalue weighted by atomic mass is 35.5. The second-order valence-corrected chi connectivity index (χ2v) is 4.36. The van der Waals surface area contributed by atoms with Crippen LogP contribution in [0.1, 0.15) is 13.8 Å². The molecule has 0 aliphatic heterocycles. The van der Waals surface area contributed by atoms with Gasteiger partial charge in [-0.3, -0.25) is 4.79 Å². The maximum Gasteiger partial charge on any atom is 0.410 e. The van der Waals surface area contributed by atoms with Crippen LogP contribution in [-0.2, 0) is 4.79 Å². The number of hydrogen-bond donors (Lipinski definition) is 1. The number of carbonyl (C=O) groups is 1. The molecule has 0 saturated heterocycles. The minimum absolute atomic E-state index is 0.0378. The molecule has 0 spiro atoms. The zero-order valence-corrected chi connectivity index (χ0v) is 8.86. The third-order valence-electron chi connectivity index (χ3n) is 3.04. The minimum Gasteiger partial charge on any atom is -0.481 e. The maximum absolute atomic E-state index is 12.0. The monoisotopic (exact) mass is 242 g/mol. The highest BCUT2D eigenvalue weighted by Gasteiger charge is 2.65. The first-order valence-electron chi connectivity index (χ1n) is 4.29. The zero-order chi connectivity index (χ0) is 12.0. The molecule has 6 heteroatoms. The van der Waals surface area contributed by atoms with Gasteiger partial charge in [-0.05, 0) is 12.8 Å². The molecule has 0 aromatic heterocycles. The fraction of sp³-hybridized carbons (Fsp3) is 0.667. The van der Waals surface area contributed by atoms with Crippen molar-refractivity contribution in [2.75, 3.05) is 0 Å². The highest BCUT2D eigenvalue weighted by Crippen LogP contribution is 2.63. The molecule has 1 N–H and O–H groups in total. The SMILES string of the molecule is CC1C(C(Cl)=CC(F)(F)F)C1(C)C(=O)O. The molecule has 0 radical (unpaired) electrons. The van der Waals surface area contributed by atoms with Crippen molar-refractivity contribution in [1.82, 2.24) is 0 Å². The van der Waals surface area contributed by atoms with E-state index in [0.717, 1.165) is 0 Å². The molecular formula is C9H10ClF3O2. The summed E-state index contributed by atoms with van der Waals surface area (Å²) in [6.07, 6.45) is -4.54. The van der Waals surface area contributed by atoms with Crippen LogP contribution < -0.4 is 0 Å². The molecule has 3 atom stereocenters. The van der Waals surface area contributed by atoms with Crippen LogP contribution in [-0.4, -0.2) is 17.3 Å². The molecule has 0 amide bonds. The van der Waals surface area contributed by atoms with Gasteiger partial charge in [-0.25, -0.2) is 0 Å². The number of alkyl halides is 3. The van der Waals surface area contributed by atoms with Crippen LogP contribution in [0.3, 0.4) is 0 Å². The summed E-state index contributed by atoms with van der Waals surface area (Å²) >= 11 is 5.46. The third-order valence-corrected chi connectivity index (χ3v) is 3.39. The molecule has 0 aromatic carbocycles. The topological polar surface area (TPSA) is 37.3 Å². The molecule has 0 aromatic rings. The molecule has 1 saturated carbocycles. The number of carboxylic acid groups (broad SMARTS) is 1. The van der Waals surface area contributed by atoms with Gasteiger partial charge in [-0.1, -0.05) is 18.5 Å². The highest BCUT2D eigenvalue weighted by molar-refractivity contribution is 6.30. The van der Waals surface area contributed by atoms with Crippen molar-refractivity contribution in [1.29, 1.82) is 0 Å². The first-order valence-corrected chi connectivity index (χ1v) is 4.67. The summed E-state index contributed by atoms with van der Waals surface area (Å²) in [6, 6.07) is 0. The van der Waals surface area contributed by atoms with Gasteiger partial charge in [-0.2, -0.15) is 13.2 Å². The fourth-order valence-corrected chi connectivity index (χ4v) is 2.37. The van der Waals surface area contributed by atoms with E-state index in [2.05, 4.69) is 0 Å².